The molecule has 1 aliphatic rings. The van der Waals surface area contributed by atoms with E-state index < -0.39 is 10.0 Å². The van der Waals surface area contributed by atoms with Crippen molar-refractivity contribution in [1.82, 2.24) is 14.5 Å². The van der Waals surface area contributed by atoms with Crippen LogP contribution in [0.2, 0.25) is 0 Å². The molecule has 1 aromatic heterocycles. The third-order valence-electron chi connectivity index (χ3n) is 3.43. The van der Waals surface area contributed by atoms with Crippen molar-refractivity contribution in [3.05, 3.63) is 47.8 Å². The van der Waals surface area contributed by atoms with Crippen molar-refractivity contribution >= 4 is 10.0 Å². The summed E-state index contributed by atoms with van der Waals surface area (Å²) in [5, 5.41) is 6.27. The monoisotopic (exact) mass is 277 g/mol. The topological polar surface area (TPSA) is 66.1 Å². The molecule has 100 valence electrons. The maximum Gasteiger partial charge on any atom is 0.246 e. The molecule has 5 nitrogen and oxygen atoms in total. The minimum atomic E-state index is -3.45. The number of hydrogen-bond donors (Lipinski definition) is 1. The van der Waals surface area contributed by atoms with E-state index in [0.29, 0.717) is 13.1 Å². The van der Waals surface area contributed by atoms with E-state index in [1.165, 1.54) is 22.3 Å². The number of hydrogen-bond acceptors (Lipinski definition) is 3. The van der Waals surface area contributed by atoms with Crippen LogP contribution in [-0.2, 0) is 23.0 Å². The van der Waals surface area contributed by atoms with Crippen molar-refractivity contribution in [1.29, 1.82) is 0 Å². The fourth-order valence-corrected chi connectivity index (χ4v) is 3.77. The summed E-state index contributed by atoms with van der Waals surface area (Å²) in [7, 11) is -3.45. The zero-order valence-corrected chi connectivity index (χ0v) is 11.2. The predicted molar refractivity (Wildman–Crippen MR) is 70.9 cm³/mol. The summed E-state index contributed by atoms with van der Waals surface area (Å²) >= 11 is 0. The lowest BCUT2D eigenvalue weighted by molar-refractivity contribution is 0.410. The lowest BCUT2D eigenvalue weighted by Crippen LogP contribution is -2.30. The highest BCUT2D eigenvalue weighted by atomic mass is 32.2. The number of fused-ring (bicyclic) bond motifs is 1. The quantitative estimate of drug-likeness (QED) is 0.905. The molecule has 0 aliphatic carbocycles. The summed E-state index contributed by atoms with van der Waals surface area (Å²) in [5.41, 5.74) is 2.33. The second-order valence-corrected chi connectivity index (χ2v) is 6.58. The minimum Gasteiger partial charge on any atom is -0.284 e. The van der Waals surface area contributed by atoms with Crippen LogP contribution >= 0.6 is 0 Å². The molecule has 3 rings (SSSR count). The van der Waals surface area contributed by atoms with Gasteiger partial charge in [0.25, 0.3) is 0 Å². The number of nitrogens with zero attached hydrogens (tertiary/aromatic N) is 2. The van der Waals surface area contributed by atoms with Crippen LogP contribution < -0.4 is 0 Å². The van der Waals surface area contributed by atoms with E-state index in [1.54, 1.807) is 0 Å². The fourth-order valence-electron chi connectivity index (χ4n) is 2.40. The van der Waals surface area contributed by atoms with Gasteiger partial charge in [-0.25, -0.2) is 8.42 Å². The Balaban J connectivity index is 1.95. The summed E-state index contributed by atoms with van der Waals surface area (Å²) < 4.78 is 26.5. The van der Waals surface area contributed by atoms with Crippen molar-refractivity contribution in [3.8, 4) is 0 Å². The number of sulfonamides is 1. The molecule has 0 radical (unpaired) electrons. The van der Waals surface area contributed by atoms with E-state index in [-0.39, 0.29) is 4.90 Å². The molecule has 0 atom stereocenters. The molecule has 0 amide bonds. The average Bonchev–Trinajstić information content (AvgIpc) is 2.85. The Morgan fingerprint density at radius 3 is 2.74 bits per heavy atom. The van der Waals surface area contributed by atoms with Gasteiger partial charge < -0.3 is 0 Å². The molecular weight excluding hydrogens is 262 g/mol. The third kappa shape index (κ3) is 2.29. The van der Waals surface area contributed by atoms with Gasteiger partial charge >= 0.3 is 0 Å². The summed E-state index contributed by atoms with van der Waals surface area (Å²) in [4.78, 5) is 0.229. The molecule has 0 spiro atoms. The molecule has 0 saturated carbocycles. The summed E-state index contributed by atoms with van der Waals surface area (Å²) in [6, 6.07) is 8.02. The molecule has 1 aromatic carbocycles. The van der Waals surface area contributed by atoms with Gasteiger partial charge in [0.1, 0.15) is 4.90 Å². The van der Waals surface area contributed by atoms with Crippen molar-refractivity contribution in [2.75, 3.05) is 6.54 Å². The Bertz CT molecular complexity index is 665. The molecule has 1 N–H and O–H groups in total. The van der Waals surface area contributed by atoms with Gasteiger partial charge in [0.2, 0.25) is 10.0 Å². The zero-order valence-electron chi connectivity index (χ0n) is 10.4. The van der Waals surface area contributed by atoms with E-state index >= 15 is 0 Å². The van der Waals surface area contributed by atoms with Crippen LogP contribution in [0.3, 0.4) is 0 Å². The molecule has 0 saturated heterocycles. The second-order valence-electron chi connectivity index (χ2n) is 4.64. The van der Waals surface area contributed by atoms with Gasteiger partial charge in [0, 0.05) is 19.3 Å². The molecular formula is C13H15N3O2S. The van der Waals surface area contributed by atoms with Gasteiger partial charge in [-0.15, -0.1) is 0 Å². The Labute approximate surface area is 112 Å². The molecule has 0 unspecified atom stereocenters. The van der Waals surface area contributed by atoms with Gasteiger partial charge in [0.05, 0.1) is 6.20 Å². The standard InChI is InChI=1S/C13H15N3O2S/c17-19(18,13-8-14-15-9-13)16-7-3-6-11-4-1-2-5-12(11)10-16/h1-2,4-5,8-9H,3,6-7,10H2,(H,14,15). The third-order valence-corrected chi connectivity index (χ3v) is 5.24. The first-order valence-corrected chi connectivity index (χ1v) is 7.67. The van der Waals surface area contributed by atoms with Crippen LogP contribution in [0.25, 0.3) is 0 Å². The number of benzene rings is 1. The van der Waals surface area contributed by atoms with E-state index in [0.717, 1.165) is 18.4 Å². The number of aromatic amines is 1. The van der Waals surface area contributed by atoms with E-state index in [1.807, 2.05) is 18.2 Å². The first-order chi connectivity index (χ1) is 9.18. The Hall–Kier alpha value is -1.66. The van der Waals surface area contributed by atoms with Crippen LogP contribution in [0.4, 0.5) is 0 Å². The number of aryl methyl sites for hydroxylation is 1. The van der Waals surface area contributed by atoms with Gasteiger partial charge in [-0.2, -0.15) is 9.40 Å². The van der Waals surface area contributed by atoms with Crippen LogP contribution in [0.5, 0.6) is 0 Å². The van der Waals surface area contributed by atoms with Gasteiger partial charge in [-0.3, -0.25) is 5.10 Å². The summed E-state index contributed by atoms with van der Waals surface area (Å²) in [6.07, 6.45) is 4.54. The smallest absolute Gasteiger partial charge is 0.246 e. The van der Waals surface area contributed by atoms with Crippen LogP contribution in [0.15, 0.2) is 41.6 Å². The van der Waals surface area contributed by atoms with Crippen LogP contribution in [0.1, 0.15) is 17.5 Å². The van der Waals surface area contributed by atoms with Crippen LogP contribution in [0, 0.1) is 0 Å². The molecule has 19 heavy (non-hydrogen) atoms. The van der Waals surface area contributed by atoms with E-state index in [9.17, 15) is 8.42 Å². The van der Waals surface area contributed by atoms with Crippen molar-refractivity contribution in [2.24, 2.45) is 0 Å². The van der Waals surface area contributed by atoms with Crippen LogP contribution in [-0.4, -0.2) is 29.5 Å². The zero-order chi connectivity index (χ0) is 13.3. The Morgan fingerprint density at radius 2 is 2.00 bits per heavy atom. The largest absolute Gasteiger partial charge is 0.284 e. The van der Waals surface area contributed by atoms with Gasteiger partial charge in [-0.1, -0.05) is 24.3 Å². The number of aromatic nitrogens is 2. The van der Waals surface area contributed by atoms with Gasteiger partial charge in [-0.05, 0) is 24.0 Å². The molecule has 6 heteroatoms. The number of rotatable bonds is 2. The Kier molecular flexibility index (Phi) is 3.12. The highest BCUT2D eigenvalue weighted by Gasteiger charge is 2.27. The highest BCUT2D eigenvalue weighted by Crippen LogP contribution is 2.23. The highest BCUT2D eigenvalue weighted by molar-refractivity contribution is 7.89. The average molecular weight is 277 g/mol. The van der Waals surface area contributed by atoms with Crippen molar-refractivity contribution in [3.63, 3.8) is 0 Å². The fraction of sp³-hybridized carbons (Fsp3) is 0.308. The van der Waals surface area contributed by atoms with E-state index in [4.69, 9.17) is 0 Å². The lowest BCUT2D eigenvalue weighted by Gasteiger charge is -2.19. The number of nitrogens with one attached hydrogen (secondary N) is 1. The molecule has 2 heterocycles. The van der Waals surface area contributed by atoms with E-state index in [2.05, 4.69) is 16.3 Å². The normalized spacial score (nSPS) is 16.8. The maximum atomic E-state index is 12.5. The lowest BCUT2D eigenvalue weighted by atomic mass is 10.0. The van der Waals surface area contributed by atoms with Crippen molar-refractivity contribution in [2.45, 2.75) is 24.3 Å². The first-order valence-electron chi connectivity index (χ1n) is 6.23. The predicted octanol–water partition coefficient (Wildman–Crippen LogP) is 1.55. The first kappa shape index (κ1) is 12.4. The second kappa shape index (κ2) is 4.79. The summed E-state index contributed by atoms with van der Waals surface area (Å²) in [6.45, 7) is 0.978. The summed E-state index contributed by atoms with van der Waals surface area (Å²) in [5.74, 6) is 0. The van der Waals surface area contributed by atoms with Crippen molar-refractivity contribution < 1.29 is 8.42 Å². The molecule has 0 fully saturated rings. The minimum absolute atomic E-state index is 0.229. The van der Waals surface area contributed by atoms with Gasteiger partial charge in [0.15, 0.2) is 0 Å². The number of H-pyrrole nitrogens is 1. The molecule has 0 bridgehead atoms. The molecule has 2 aromatic rings. The SMILES string of the molecule is O=S(=O)(c1cn[nH]c1)N1CCCc2ccccc2C1. The Morgan fingerprint density at radius 1 is 1.21 bits per heavy atom. The maximum absolute atomic E-state index is 12.5. The molecule has 1 aliphatic heterocycles.